The Morgan fingerprint density at radius 1 is 1.45 bits per heavy atom. The molecule has 0 saturated heterocycles. The van der Waals surface area contributed by atoms with E-state index in [4.69, 9.17) is 4.74 Å². The molecule has 0 aliphatic heterocycles. The third-order valence-corrected chi connectivity index (χ3v) is 6.86. The van der Waals surface area contributed by atoms with Gasteiger partial charge in [0, 0.05) is 24.6 Å². The molecule has 1 heterocycles. The molecular weight excluding hydrogens is 296 g/mol. The van der Waals surface area contributed by atoms with E-state index >= 15 is 0 Å². The van der Waals surface area contributed by atoms with E-state index < -0.39 is 10.0 Å². The predicted octanol–water partition coefficient (Wildman–Crippen LogP) is 1.31. The summed E-state index contributed by atoms with van der Waals surface area (Å²) in [6.45, 7) is 1.73. The van der Waals surface area contributed by atoms with Crippen LogP contribution in [0.15, 0.2) is 16.3 Å². The Kier molecular flexibility index (Phi) is 5.57. The van der Waals surface area contributed by atoms with Gasteiger partial charge in [-0.25, -0.2) is 8.42 Å². The lowest BCUT2D eigenvalue weighted by Crippen LogP contribution is -2.35. The van der Waals surface area contributed by atoms with Gasteiger partial charge in [-0.2, -0.15) is 4.31 Å². The molecule has 1 aromatic heterocycles. The summed E-state index contributed by atoms with van der Waals surface area (Å²) in [5.41, 5.74) is 0. The molecule has 0 bridgehead atoms. The summed E-state index contributed by atoms with van der Waals surface area (Å²) in [6.07, 6.45) is 2.78. The van der Waals surface area contributed by atoms with Crippen molar-refractivity contribution >= 4 is 21.4 Å². The van der Waals surface area contributed by atoms with Crippen LogP contribution in [-0.2, 0) is 21.2 Å². The number of rotatable bonds is 9. The third kappa shape index (κ3) is 3.79. The highest BCUT2D eigenvalue weighted by atomic mass is 32.2. The summed E-state index contributed by atoms with van der Waals surface area (Å²) in [7, 11) is 0.127. The van der Waals surface area contributed by atoms with Gasteiger partial charge in [-0.1, -0.05) is 0 Å². The first kappa shape index (κ1) is 15.9. The molecule has 1 N–H and O–H groups in total. The predicted molar refractivity (Wildman–Crippen MR) is 80.7 cm³/mol. The fourth-order valence-electron chi connectivity index (χ4n) is 2.04. The molecule has 2 rings (SSSR count). The summed E-state index contributed by atoms with van der Waals surface area (Å²) in [5.74, 6) is 0. The summed E-state index contributed by atoms with van der Waals surface area (Å²) in [6, 6.07) is 3.81. The minimum Gasteiger partial charge on any atom is -0.383 e. The molecule has 0 aromatic carbocycles. The second-order valence-corrected chi connectivity index (χ2v) is 8.20. The summed E-state index contributed by atoms with van der Waals surface area (Å²) >= 11 is 1.38. The Labute approximate surface area is 125 Å². The van der Waals surface area contributed by atoms with E-state index in [1.165, 1.54) is 11.3 Å². The lowest BCUT2D eigenvalue weighted by atomic mass is 10.3. The minimum absolute atomic E-state index is 0.165. The molecule has 1 aliphatic carbocycles. The number of thiophene rings is 1. The molecule has 0 amide bonds. The number of ether oxygens (including phenoxy) is 1. The molecule has 1 fully saturated rings. The molecule has 0 unspecified atom stereocenters. The van der Waals surface area contributed by atoms with Crippen LogP contribution >= 0.6 is 11.3 Å². The van der Waals surface area contributed by atoms with Gasteiger partial charge >= 0.3 is 0 Å². The molecule has 114 valence electrons. The number of methoxy groups -OCH3 is 1. The zero-order valence-electron chi connectivity index (χ0n) is 12.0. The first-order chi connectivity index (χ1) is 9.59. The van der Waals surface area contributed by atoms with E-state index in [1.54, 1.807) is 17.5 Å². The van der Waals surface area contributed by atoms with Crippen molar-refractivity contribution in [1.29, 1.82) is 0 Å². The van der Waals surface area contributed by atoms with Gasteiger partial charge < -0.3 is 10.1 Å². The Balaban J connectivity index is 2.12. The van der Waals surface area contributed by atoms with Gasteiger partial charge in [0.1, 0.15) is 4.21 Å². The van der Waals surface area contributed by atoms with Crippen molar-refractivity contribution in [3.05, 3.63) is 17.0 Å². The van der Waals surface area contributed by atoms with Crippen LogP contribution in [0.4, 0.5) is 0 Å². The van der Waals surface area contributed by atoms with Crippen molar-refractivity contribution in [2.75, 3.05) is 33.9 Å². The Hall–Kier alpha value is -0.470. The highest BCUT2D eigenvalue weighted by Gasteiger charge is 2.38. The van der Waals surface area contributed by atoms with Crippen molar-refractivity contribution in [3.8, 4) is 0 Å². The van der Waals surface area contributed by atoms with Gasteiger partial charge in [0.2, 0.25) is 0 Å². The van der Waals surface area contributed by atoms with Crippen LogP contribution in [0.5, 0.6) is 0 Å². The van der Waals surface area contributed by atoms with Crippen molar-refractivity contribution < 1.29 is 13.2 Å². The number of nitrogens with one attached hydrogen (secondary N) is 1. The zero-order valence-corrected chi connectivity index (χ0v) is 13.6. The maximum atomic E-state index is 12.7. The van der Waals surface area contributed by atoms with Gasteiger partial charge in [-0.15, -0.1) is 11.3 Å². The van der Waals surface area contributed by atoms with Gasteiger partial charge in [0.15, 0.2) is 0 Å². The highest BCUT2D eigenvalue weighted by Crippen LogP contribution is 2.34. The van der Waals surface area contributed by atoms with Crippen LogP contribution in [0.2, 0.25) is 0 Å². The molecule has 1 aliphatic rings. The Bertz CT molecular complexity index is 523. The maximum absolute atomic E-state index is 12.7. The molecular formula is C13H22N2O3S2. The number of hydrogen-bond acceptors (Lipinski definition) is 5. The average molecular weight is 318 g/mol. The number of nitrogens with zero attached hydrogens (tertiary/aromatic N) is 1. The van der Waals surface area contributed by atoms with E-state index in [-0.39, 0.29) is 6.04 Å². The normalized spacial score (nSPS) is 15.9. The third-order valence-electron chi connectivity index (χ3n) is 3.29. The van der Waals surface area contributed by atoms with Crippen molar-refractivity contribution in [3.63, 3.8) is 0 Å². The molecule has 0 radical (unpaired) electrons. The maximum Gasteiger partial charge on any atom is 0.252 e. The standard InChI is InChI=1S/C13H22N2O3S2/c1-14-8-7-12-5-6-13(19-12)20(16,17)15(9-10-18-2)11-3-4-11/h5-6,11,14H,3-4,7-10H2,1-2H3. The monoisotopic (exact) mass is 318 g/mol. The van der Waals surface area contributed by atoms with Crippen LogP contribution in [0.25, 0.3) is 0 Å². The first-order valence-electron chi connectivity index (χ1n) is 6.83. The van der Waals surface area contributed by atoms with Crippen molar-refractivity contribution in [2.24, 2.45) is 0 Å². The van der Waals surface area contributed by atoms with E-state index in [9.17, 15) is 8.42 Å². The molecule has 0 atom stereocenters. The smallest absolute Gasteiger partial charge is 0.252 e. The Morgan fingerprint density at radius 2 is 2.20 bits per heavy atom. The number of likely N-dealkylation sites (N-methyl/N-ethyl adjacent to an activating group) is 1. The van der Waals surface area contributed by atoms with Gasteiger partial charge in [0.25, 0.3) is 10.0 Å². The molecule has 1 saturated carbocycles. The summed E-state index contributed by atoms with van der Waals surface area (Å²) < 4.78 is 32.4. The van der Waals surface area contributed by atoms with Crippen molar-refractivity contribution in [1.82, 2.24) is 9.62 Å². The highest BCUT2D eigenvalue weighted by molar-refractivity contribution is 7.91. The van der Waals surface area contributed by atoms with Crippen LogP contribution in [0.3, 0.4) is 0 Å². The molecule has 20 heavy (non-hydrogen) atoms. The number of sulfonamides is 1. The minimum atomic E-state index is -3.36. The Morgan fingerprint density at radius 3 is 2.80 bits per heavy atom. The fraction of sp³-hybridized carbons (Fsp3) is 0.692. The van der Waals surface area contributed by atoms with Gasteiger partial charge in [0.05, 0.1) is 6.61 Å². The summed E-state index contributed by atoms with van der Waals surface area (Å²) in [4.78, 5) is 1.10. The quantitative estimate of drug-likeness (QED) is 0.746. The summed E-state index contributed by atoms with van der Waals surface area (Å²) in [5, 5.41) is 3.07. The van der Waals surface area contributed by atoms with Crippen LogP contribution in [0, 0.1) is 0 Å². The lowest BCUT2D eigenvalue weighted by molar-refractivity contribution is 0.177. The van der Waals surface area contributed by atoms with Crippen LogP contribution < -0.4 is 5.32 Å². The average Bonchev–Trinajstić information content (AvgIpc) is 3.13. The van der Waals surface area contributed by atoms with E-state index in [2.05, 4.69) is 5.32 Å². The molecule has 0 spiro atoms. The van der Waals surface area contributed by atoms with Gasteiger partial charge in [-0.3, -0.25) is 0 Å². The first-order valence-corrected chi connectivity index (χ1v) is 9.09. The van der Waals surface area contributed by atoms with E-state index in [0.717, 1.165) is 30.7 Å². The second-order valence-electron chi connectivity index (χ2n) is 4.91. The second kappa shape index (κ2) is 7.00. The molecule has 5 nitrogen and oxygen atoms in total. The largest absolute Gasteiger partial charge is 0.383 e. The van der Waals surface area contributed by atoms with E-state index in [0.29, 0.717) is 17.4 Å². The van der Waals surface area contributed by atoms with Crippen molar-refractivity contribution in [2.45, 2.75) is 29.5 Å². The topological polar surface area (TPSA) is 58.6 Å². The van der Waals surface area contributed by atoms with Crippen LogP contribution in [0.1, 0.15) is 17.7 Å². The van der Waals surface area contributed by atoms with E-state index in [1.807, 2.05) is 13.1 Å². The van der Waals surface area contributed by atoms with Gasteiger partial charge in [-0.05, 0) is 45.0 Å². The van der Waals surface area contributed by atoms with Crippen LogP contribution in [-0.4, -0.2) is 52.6 Å². The SMILES string of the molecule is CNCCc1ccc(S(=O)(=O)N(CCOC)C2CC2)s1. The molecule has 7 heteroatoms. The molecule has 1 aromatic rings. The zero-order chi connectivity index (χ0) is 14.6. The number of hydrogen-bond donors (Lipinski definition) is 1. The lowest BCUT2D eigenvalue weighted by Gasteiger charge is -2.20. The fourth-order valence-corrected chi connectivity index (χ4v) is 5.19.